The van der Waals surface area contributed by atoms with Gasteiger partial charge in [0, 0.05) is 20.7 Å². The highest BCUT2D eigenvalue weighted by atomic mass is 35.5. The predicted octanol–water partition coefficient (Wildman–Crippen LogP) is 0.651. The first-order valence-electron chi connectivity index (χ1n) is 6.52. The zero-order valence-electron chi connectivity index (χ0n) is 12.9. The Bertz CT molecular complexity index is 497. The molecular formula is C14H22ClN3O4. The predicted molar refractivity (Wildman–Crippen MR) is 87.0 cm³/mol. The van der Waals surface area contributed by atoms with Crippen LogP contribution >= 0.6 is 12.4 Å². The first-order valence-corrected chi connectivity index (χ1v) is 6.52. The fourth-order valence-corrected chi connectivity index (χ4v) is 1.65. The molecular weight excluding hydrogens is 310 g/mol. The summed E-state index contributed by atoms with van der Waals surface area (Å²) >= 11 is 0. The van der Waals surface area contributed by atoms with Crippen molar-refractivity contribution in [2.45, 2.75) is 0 Å². The number of anilines is 1. The van der Waals surface area contributed by atoms with Crippen LogP contribution in [0, 0.1) is 0 Å². The third kappa shape index (κ3) is 6.30. The zero-order chi connectivity index (χ0) is 15.7. The minimum absolute atomic E-state index is 0. The molecule has 0 bridgehead atoms. The summed E-state index contributed by atoms with van der Waals surface area (Å²) in [5.74, 6) is 0.0165. The third-order valence-electron chi connectivity index (χ3n) is 2.74. The Hall–Kier alpha value is -1.83. The van der Waals surface area contributed by atoms with Gasteiger partial charge in [0.2, 0.25) is 5.91 Å². The van der Waals surface area contributed by atoms with Crippen LogP contribution in [0.2, 0.25) is 0 Å². The highest BCUT2D eigenvalue weighted by molar-refractivity contribution is 6.04. The molecule has 3 N–H and O–H groups in total. The van der Waals surface area contributed by atoms with Gasteiger partial charge in [-0.2, -0.15) is 0 Å². The number of amides is 2. The summed E-state index contributed by atoms with van der Waals surface area (Å²) in [4.78, 5) is 23.6. The molecule has 0 saturated carbocycles. The number of nitrogens with one attached hydrogen (secondary N) is 3. The van der Waals surface area contributed by atoms with Gasteiger partial charge in [-0.25, -0.2) is 0 Å². The largest absolute Gasteiger partial charge is 0.497 e. The highest BCUT2D eigenvalue weighted by Gasteiger charge is 2.13. The molecule has 0 spiro atoms. The van der Waals surface area contributed by atoms with Gasteiger partial charge in [0.1, 0.15) is 5.75 Å². The number of ether oxygens (including phenoxy) is 2. The van der Waals surface area contributed by atoms with Crippen LogP contribution in [0.25, 0.3) is 0 Å². The van der Waals surface area contributed by atoms with Gasteiger partial charge >= 0.3 is 0 Å². The van der Waals surface area contributed by atoms with Crippen molar-refractivity contribution in [3.63, 3.8) is 0 Å². The molecule has 22 heavy (non-hydrogen) atoms. The molecule has 1 aromatic rings. The summed E-state index contributed by atoms with van der Waals surface area (Å²) in [5, 5.41) is 8.15. The number of rotatable bonds is 8. The van der Waals surface area contributed by atoms with Gasteiger partial charge in [0.25, 0.3) is 5.91 Å². The van der Waals surface area contributed by atoms with Crippen molar-refractivity contribution < 1.29 is 19.1 Å². The molecule has 0 aliphatic rings. The van der Waals surface area contributed by atoms with E-state index in [1.54, 1.807) is 25.3 Å². The minimum Gasteiger partial charge on any atom is -0.497 e. The molecule has 0 aliphatic carbocycles. The second kappa shape index (κ2) is 10.8. The van der Waals surface area contributed by atoms with Crippen LogP contribution in [0.1, 0.15) is 10.4 Å². The van der Waals surface area contributed by atoms with Crippen LogP contribution in [0.4, 0.5) is 5.69 Å². The van der Waals surface area contributed by atoms with Gasteiger partial charge in [-0.05, 0) is 18.2 Å². The van der Waals surface area contributed by atoms with Crippen LogP contribution < -0.4 is 20.7 Å². The van der Waals surface area contributed by atoms with Crippen molar-refractivity contribution in [2.75, 3.05) is 46.3 Å². The molecule has 8 heteroatoms. The van der Waals surface area contributed by atoms with Gasteiger partial charge in [0.05, 0.1) is 31.5 Å². The number of benzene rings is 1. The maximum Gasteiger partial charge on any atom is 0.253 e. The van der Waals surface area contributed by atoms with E-state index in [2.05, 4.69) is 16.0 Å². The lowest BCUT2D eigenvalue weighted by Crippen LogP contribution is -2.31. The smallest absolute Gasteiger partial charge is 0.253 e. The second-order valence-corrected chi connectivity index (χ2v) is 4.21. The van der Waals surface area contributed by atoms with Crippen LogP contribution in [-0.2, 0) is 9.53 Å². The first-order chi connectivity index (χ1) is 10.1. The Balaban J connectivity index is 0.00000441. The Kier molecular flexibility index (Phi) is 9.93. The topological polar surface area (TPSA) is 88.7 Å². The summed E-state index contributed by atoms with van der Waals surface area (Å²) in [6, 6.07) is 4.89. The van der Waals surface area contributed by atoms with Gasteiger partial charge in [-0.15, -0.1) is 12.4 Å². The Morgan fingerprint density at radius 1 is 1.23 bits per heavy atom. The number of methoxy groups -OCH3 is 2. The standard InChI is InChI=1S/C14H21N3O4.ClH/c1-15-14(19)11-8-10(21-3)4-5-12(11)17-13(18)9-16-6-7-20-2;/h4-5,8,16H,6-7,9H2,1-3H3,(H,15,19)(H,17,18);1H. The molecule has 0 heterocycles. The monoisotopic (exact) mass is 331 g/mol. The third-order valence-corrected chi connectivity index (χ3v) is 2.74. The Labute approximate surface area is 136 Å². The zero-order valence-corrected chi connectivity index (χ0v) is 13.7. The molecule has 1 aromatic carbocycles. The second-order valence-electron chi connectivity index (χ2n) is 4.21. The molecule has 0 radical (unpaired) electrons. The first kappa shape index (κ1) is 20.2. The molecule has 0 unspecified atom stereocenters. The normalized spacial score (nSPS) is 9.59. The average Bonchev–Trinajstić information content (AvgIpc) is 2.51. The van der Waals surface area contributed by atoms with Gasteiger partial charge < -0.3 is 25.4 Å². The summed E-state index contributed by atoms with van der Waals surface area (Å²) in [6.45, 7) is 1.25. The number of carbonyl (C=O) groups excluding carboxylic acids is 2. The lowest BCUT2D eigenvalue weighted by Gasteiger charge is -2.12. The van der Waals surface area contributed by atoms with Crippen molar-refractivity contribution in [2.24, 2.45) is 0 Å². The van der Waals surface area contributed by atoms with E-state index < -0.39 is 0 Å². The van der Waals surface area contributed by atoms with Crippen molar-refractivity contribution in [1.82, 2.24) is 10.6 Å². The van der Waals surface area contributed by atoms with E-state index in [9.17, 15) is 9.59 Å². The van der Waals surface area contributed by atoms with Crippen LogP contribution in [0.5, 0.6) is 5.75 Å². The fourth-order valence-electron chi connectivity index (χ4n) is 1.65. The van der Waals surface area contributed by atoms with Crippen molar-refractivity contribution >= 4 is 29.9 Å². The quantitative estimate of drug-likeness (QED) is 0.609. The average molecular weight is 332 g/mol. The van der Waals surface area contributed by atoms with Crippen LogP contribution in [0.15, 0.2) is 18.2 Å². The fraction of sp³-hybridized carbons (Fsp3) is 0.429. The molecule has 0 aliphatic heterocycles. The van der Waals surface area contributed by atoms with E-state index in [0.717, 1.165) is 0 Å². The molecule has 0 fully saturated rings. The number of carbonyl (C=O) groups is 2. The van der Waals surface area contributed by atoms with E-state index in [4.69, 9.17) is 9.47 Å². The van der Waals surface area contributed by atoms with E-state index in [0.29, 0.717) is 30.2 Å². The summed E-state index contributed by atoms with van der Waals surface area (Å²) in [6.07, 6.45) is 0. The molecule has 0 saturated heterocycles. The summed E-state index contributed by atoms with van der Waals surface area (Å²) in [7, 11) is 4.63. The molecule has 0 atom stereocenters. The molecule has 2 amide bonds. The number of hydrogen-bond donors (Lipinski definition) is 3. The summed E-state index contributed by atoms with van der Waals surface area (Å²) < 4.78 is 9.95. The number of halogens is 1. The number of hydrogen-bond acceptors (Lipinski definition) is 5. The van der Waals surface area contributed by atoms with E-state index in [1.165, 1.54) is 14.2 Å². The van der Waals surface area contributed by atoms with Crippen LogP contribution in [-0.4, -0.2) is 52.8 Å². The lowest BCUT2D eigenvalue weighted by atomic mass is 10.1. The summed E-state index contributed by atoms with van der Waals surface area (Å²) in [5.41, 5.74) is 0.788. The molecule has 124 valence electrons. The SMILES string of the molecule is CNC(=O)c1cc(OC)ccc1NC(=O)CNCCOC.Cl. The van der Waals surface area contributed by atoms with Gasteiger partial charge in [0.15, 0.2) is 0 Å². The highest BCUT2D eigenvalue weighted by Crippen LogP contribution is 2.22. The molecule has 0 aromatic heterocycles. The maximum atomic E-state index is 11.8. The Morgan fingerprint density at radius 3 is 2.55 bits per heavy atom. The van der Waals surface area contributed by atoms with Crippen LogP contribution in [0.3, 0.4) is 0 Å². The van der Waals surface area contributed by atoms with E-state index in [-0.39, 0.29) is 30.8 Å². The van der Waals surface area contributed by atoms with Gasteiger partial charge in [-0.3, -0.25) is 9.59 Å². The van der Waals surface area contributed by atoms with Crippen molar-refractivity contribution in [3.05, 3.63) is 23.8 Å². The lowest BCUT2D eigenvalue weighted by molar-refractivity contribution is -0.115. The minimum atomic E-state index is -0.295. The van der Waals surface area contributed by atoms with E-state index in [1.807, 2.05) is 0 Å². The van der Waals surface area contributed by atoms with Crippen molar-refractivity contribution in [1.29, 1.82) is 0 Å². The van der Waals surface area contributed by atoms with Gasteiger partial charge in [-0.1, -0.05) is 0 Å². The van der Waals surface area contributed by atoms with Crippen molar-refractivity contribution in [3.8, 4) is 5.75 Å². The maximum absolute atomic E-state index is 11.8. The Morgan fingerprint density at radius 2 is 1.95 bits per heavy atom. The van der Waals surface area contributed by atoms with E-state index >= 15 is 0 Å². The molecule has 7 nitrogen and oxygen atoms in total. The molecule has 1 rings (SSSR count).